The third-order valence-electron chi connectivity index (χ3n) is 5.90. The minimum atomic E-state index is 0.787. The maximum absolute atomic E-state index is 4.72. The number of hydrogen-bond acceptors (Lipinski definition) is 3. The van der Waals surface area contributed by atoms with Crippen molar-refractivity contribution < 1.29 is 0 Å². The molecular formula is C27H42N2S. The van der Waals surface area contributed by atoms with E-state index in [2.05, 4.69) is 42.0 Å². The minimum Gasteiger partial charge on any atom is -0.236 e. The third-order valence-corrected chi connectivity index (χ3v) is 6.27. The lowest BCUT2D eigenvalue weighted by molar-refractivity contribution is 0.589. The van der Waals surface area contributed by atoms with Crippen molar-refractivity contribution in [2.45, 2.75) is 115 Å². The summed E-state index contributed by atoms with van der Waals surface area (Å²) in [4.78, 5) is 10.2. The van der Waals surface area contributed by atoms with Gasteiger partial charge in [0, 0.05) is 22.9 Å². The maximum atomic E-state index is 4.72. The van der Waals surface area contributed by atoms with E-state index in [1.54, 1.807) is 0 Å². The first-order chi connectivity index (χ1) is 14.7. The Morgan fingerprint density at radius 2 is 1.13 bits per heavy atom. The fraction of sp³-hybridized carbons (Fsp3) is 0.630. The van der Waals surface area contributed by atoms with Crippen LogP contribution in [0, 0.1) is 0 Å². The predicted molar refractivity (Wildman–Crippen MR) is 133 cm³/mol. The molecule has 0 N–H and O–H groups in total. The third kappa shape index (κ3) is 9.64. The molecule has 0 saturated carbocycles. The fourth-order valence-corrected chi connectivity index (χ4v) is 4.28. The lowest BCUT2D eigenvalue weighted by Crippen LogP contribution is -1.95. The van der Waals surface area contributed by atoms with Gasteiger partial charge >= 0.3 is 0 Å². The van der Waals surface area contributed by atoms with E-state index >= 15 is 0 Å². The summed E-state index contributed by atoms with van der Waals surface area (Å²) >= 11 is 4.72. The zero-order valence-corrected chi connectivity index (χ0v) is 20.2. The van der Waals surface area contributed by atoms with Crippen molar-refractivity contribution in [3.05, 3.63) is 41.7 Å². The highest BCUT2D eigenvalue weighted by molar-refractivity contribution is 7.80. The molecule has 0 aliphatic heterocycles. The highest BCUT2D eigenvalue weighted by Gasteiger charge is 2.07. The van der Waals surface area contributed by atoms with E-state index in [1.807, 2.05) is 12.4 Å². The van der Waals surface area contributed by atoms with Gasteiger partial charge in [0.2, 0.25) is 0 Å². The second kappa shape index (κ2) is 15.5. The Labute approximate surface area is 190 Å². The van der Waals surface area contributed by atoms with Crippen molar-refractivity contribution in [2.75, 3.05) is 0 Å². The quantitative estimate of drug-likeness (QED) is 0.215. The van der Waals surface area contributed by atoms with Gasteiger partial charge in [-0.2, -0.15) is 0 Å². The zero-order chi connectivity index (χ0) is 21.4. The van der Waals surface area contributed by atoms with Crippen LogP contribution in [0.4, 0.5) is 0 Å². The second-order valence-electron chi connectivity index (χ2n) is 8.66. The van der Waals surface area contributed by atoms with Crippen LogP contribution in [0.25, 0.3) is 11.4 Å². The average Bonchev–Trinajstić information content (AvgIpc) is 2.76. The van der Waals surface area contributed by atoms with E-state index in [9.17, 15) is 0 Å². The van der Waals surface area contributed by atoms with Crippen LogP contribution in [-0.2, 0) is 12.8 Å². The highest BCUT2D eigenvalue weighted by Crippen LogP contribution is 2.25. The van der Waals surface area contributed by atoms with Crippen LogP contribution >= 0.6 is 12.6 Å². The van der Waals surface area contributed by atoms with Gasteiger partial charge in [0.25, 0.3) is 0 Å². The average molecular weight is 427 g/mol. The summed E-state index contributed by atoms with van der Waals surface area (Å²) in [6, 6.07) is 6.55. The van der Waals surface area contributed by atoms with Crippen LogP contribution in [0.3, 0.4) is 0 Å². The Bertz CT molecular complexity index is 697. The minimum absolute atomic E-state index is 0.787. The molecule has 1 aromatic heterocycles. The van der Waals surface area contributed by atoms with Crippen LogP contribution in [0.2, 0.25) is 0 Å². The lowest BCUT2D eigenvalue weighted by Gasteiger charge is -2.08. The van der Waals surface area contributed by atoms with Gasteiger partial charge in [0.15, 0.2) is 5.82 Å². The predicted octanol–water partition coefficient (Wildman–Crippen LogP) is 8.63. The highest BCUT2D eigenvalue weighted by atomic mass is 32.1. The standard InChI is InChI=1S/C27H42N2S/c1-3-5-7-9-11-13-15-17-24-21-28-27(29-22-24)25-19-18-23(20-26(25)30)16-14-12-10-8-6-4-2/h18-22,30H,3-17H2,1-2H3. The molecular weight excluding hydrogens is 384 g/mol. The van der Waals surface area contributed by atoms with Crippen LogP contribution in [-0.4, -0.2) is 9.97 Å². The van der Waals surface area contributed by atoms with E-state index in [4.69, 9.17) is 12.6 Å². The molecule has 2 aromatic rings. The molecule has 2 rings (SSSR count). The molecule has 2 nitrogen and oxygen atoms in total. The Morgan fingerprint density at radius 3 is 1.67 bits per heavy atom. The Kier molecular flexibility index (Phi) is 12.8. The molecule has 1 aromatic carbocycles. The number of nitrogens with zero attached hydrogens (tertiary/aromatic N) is 2. The van der Waals surface area contributed by atoms with Crippen LogP contribution in [0.15, 0.2) is 35.5 Å². The Morgan fingerprint density at radius 1 is 0.633 bits per heavy atom. The number of thiol groups is 1. The number of aryl methyl sites for hydroxylation is 2. The Balaban J connectivity index is 1.76. The first-order valence-electron chi connectivity index (χ1n) is 12.4. The normalized spacial score (nSPS) is 11.2. The molecule has 0 spiro atoms. The van der Waals surface area contributed by atoms with Gasteiger partial charge in [-0.25, -0.2) is 9.97 Å². The second-order valence-corrected chi connectivity index (χ2v) is 9.14. The molecule has 0 fully saturated rings. The zero-order valence-electron chi connectivity index (χ0n) is 19.3. The summed E-state index contributed by atoms with van der Waals surface area (Å²) in [5, 5.41) is 0. The lowest BCUT2D eigenvalue weighted by atomic mass is 10.0. The van der Waals surface area contributed by atoms with E-state index < -0.39 is 0 Å². The van der Waals surface area contributed by atoms with Gasteiger partial charge in [-0.05, 0) is 48.9 Å². The first-order valence-corrected chi connectivity index (χ1v) is 12.8. The molecule has 0 unspecified atom stereocenters. The van der Waals surface area contributed by atoms with Crippen molar-refractivity contribution in [1.29, 1.82) is 0 Å². The van der Waals surface area contributed by atoms with E-state index in [-0.39, 0.29) is 0 Å². The maximum Gasteiger partial charge on any atom is 0.160 e. The molecule has 0 aliphatic rings. The van der Waals surface area contributed by atoms with Gasteiger partial charge < -0.3 is 0 Å². The SMILES string of the molecule is CCCCCCCCCc1cnc(-c2ccc(CCCCCCCC)cc2S)nc1. The van der Waals surface area contributed by atoms with E-state index in [1.165, 1.54) is 94.6 Å². The van der Waals surface area contributed by atoms with Crippen molar-refractivity contribution in [1.82, 2.24) is 9.97 Å². The largest absolute Gasteiger partial charge is 0.236 e. The van der Waals surface area contributed by atoms with Gasteiger partial charge in [0.1, 0.15) is 0 Å². The molecule has 0 aliphatic carbocycles. The van der Waals surface area contributed by atoms with Gasteiger partial charge in [0.05, 0.1) is 0 Å². The summed E-state index contributed by atoms with van der Waals surface area (Å²) < 4.78 is 0. The van der Waals surface area contributed by atoms with Crippen molar-refractivity contribution in [3.8, 4) is 11.4 Å². The molecule has 0 saturated heterocycles. The smallest absolute Gasteiger partial charge is 0.160 e. The summed E-state index contributed by atoms with van der Waals surface area (Å²) in [6.45, 7) is 4.54. The van der Waals surface area contributed by atoms with Crippen LogP contribution in [0.1, 0.15) is 108 Å². The van der Waals surface area contributed by atoms with Gasteiger partial charge in [-0.15, -0.1) is 12.6 Å². The summed E-state index contributed by atoms with van der Waals surface area (Å²) in [5.74, 6) is 0.787. The van der Waals surface area contributed by atoms with Gasteiger partial charge in [-0.3, -0.25) is 0 Å². The molecule has 0 atom stereocenters. The van der Waals surface area contributed by atoms with E-state index in [0.29, 0.717) is 0 Å². The number of benzene rings is 1. The summed E-state index contributed by atoms with van der Waals surface area (Å²) in [7, 11) is 0. The number of unbranched alkanes of at least 4 members (excludes halogenated alkanes) is 11. The van der Waals surface area contributed by atoms with Crippen LogP contribution in [0.5, 0.6) is 0 Å². The monoisotopic (exact) mass is 426 g/mol. The van der Waals surface area contributed by atoms with Crippen LogP contribution < -0.4 is 0 Å². The number of aromatic nitrogens is 2. The molecule has 0 bridgehead atoms. The first kappa shape index (κ1) is 24.9. The fourth-order valence-electron chi connectivity index (χ4n) is 3.94. The molecule has 1 heterocycles. The summed E-state index contributed by atoms with van der Waals surface area (Å²) in [6.07, 6.45) is 23.6. The topological polar surface area (TPSA) is 25.8 Å². The molecule has 3 heteroatoms. The summed E-state index contributed by atoms with van der Waals surface area (Å²) in [5.41, 5.74) is 3.65. The van der Waals surface area contributed by atoms with Crippen molar-refractivity contribution in [2.24, 2.45) is 0 Å². The number of hydrogen-bond donors (Lipinski definition) is 1. The number of rotatable bonds is 16. The molecule has 0 amide bonds. The molecule has 166 valence electrons. The van der Waals surface area contributed by atoms with Crippen molar-refractivity contribution in [3.63, 3.8) is 0 Å². The van der Waals surface area contributed by atoms with Crippen molar-refractivity contribution >= 4 is 12.6 Å². The molecule has 0 radical (unpaired) electrons. The van der Waals surface area contributed by atoms with E-state index in [0.717, 1.165) is 29.1 Å². The molecule has 30 heavy (non-hydrogen) atoms. The van der Waals surface area contributed by atoms with Gasteiger partial charge in [-0.1, -0.05) is 90.5 Å². The Hall–Kier alpha value is -1.35.